The Morgan fingerprint density at radius 3 is 2.70 bits per heavy atom. The zero-order valence-electron chi connectivity index (χ0n) is 16.1. The lowest BCUT2D eigenvalue weighted by atomic mass is 10.1. The molecule has 7 heteroatoms. The van der Waals surface area contributed by atoms with Crippen LogP contribution in [-0.4, -0.2) is 42.9 Å². The number of hydrogen-bond acceptors (Lipinski definition) is 2. The van der Waals surface area contributed by atoms with Crippen LogP contribution in [0.2, 0.25) is 0 Å². The van der Waals surface area contributed by atoms with Gasteiger partial charge in [-0.15, -0.1) is 24.0 Å². The third-order valence-electron chi connectivity index (χ3n) is 5.46. The van der Waals surface area contributed by atoms with Crippen LogP contribution in [0.5, 0.6) is 0 Å². The molecule has 1 saturated carbocycles. The lowest BCUT2D eigenvalue weighted by Gasteiger charge is -2.21. The number of likely N-dealkylation sites (tertiary alicyclic amines) is 1. The van der Waals surface area contributed by atoms with Gasteiger partial charge < -0.3 is 15.5 Å². The summed E-state index contributed by atoms with van der Waals surface area (Å²) in [6, 6.07) is 5.46. The van der Waals surface area contributed by atoms with Gasteiger partial charge >= 0.3 is 0 Å². The second kappa shape index (κ2) is 10.2. The smallest absolute Gasteiger partial charge is 0.225 e. The summed E-state index contributed by atoms with van der Waals surface area (Å²) in [6.45, 7) is 3.81. The quantitative estimate of drug-likeness (QED) is 0.389. The average molecular weight is 488 g/mol. The number of carbonyl (C=O) groups is 1. The molecule has 1 aliphatic carbocycles. The third-order valence-corrected chi connectivity index (χ3v) is 5.46. The number of guanidine groups is 1. The van der Waals surface area contributed by atoms with Crippen molar-refractivity contribution in [2.24, 2.45) is 10.9 Å². The second-order valence-corrected chi connectivity index (χ2v) is 7.40. The van der Waals surface area contributed by atoms with Gasteiger partial charge in [0.15, 0.2) is 5.96 Å². The molecule has 0 radical (unpaired) electrons. The lowest BCUT2D eigenvalue weighted by Crippen LogP contribution is -2.45. The first-order chi connectivity index (χ1) is 12.6. The summed E-state index contributed by atoms with van der Waals surface area (Å²) >= 11 is 0. The Bertz CT molecular complexity index is 676. The van der Waals surface area contributed by atoms with Crippen molar-refractivity contribution in [1.29, 1.82) is 0 Å². The van der Waals surface area contributed by atoms with E-state index in [-0.39, 0.29) is 41.8 Å². The Labute approximate surface area is 178 Å². The number of nitrogens with zero attached hydrogens (tertiary/aromatic N) is 2. The molecule has 1 atom stereocenters. The highest BCUT2D eigenvalue weighted by atomic mass is 127. The lowest BCUT2D eigenvalue weighted by molar-refractivity contribution is -0.134. The molecule has 1 amide bonds. The minimum Gasteiger partial charge on any atom is -0.352 e. The van der Waals surface area contributed by atoms with E-state index in [9.17, 15) is 9.18 Å². The summed E-state index contributed by atoms with van der Waals surface area (Å²) in [7, 11) is 1.72. The van der Waals surface area contributed by atoms with Crippen molar-refractivity contribution in [2.75, 3.05) is 20.1 Å². The number of hydrogen-bond donors (Lipinski definition) is 2. The van der Waals surface area contributed by atoms with Crippen LogP contribution in [0.1, 0.15) is 43.2 Å². The van der Waals surface area contributed by atoms with Crippen LogP contribution in [0, 0.1) is 18.7 Å². The van der Waals surface area contributed by atoms with E-state index in [1.54, 1.807) is 26.1 Å². The van der Waals surface area contributed by atoms with Gasteiger partial charge in [0.25, 0.3) is 0 Å². The largest absolute Gasteiger partial charge is 0.352 e. The fraction of sp³-hybridized carbons (Fsp3) is 0.600. The molecule has 5 nitrogen and oxygen atoms in total. The van der Waals surface area contributed by atoms with Crippen LogP contribution < -0.4 is 10.6 Å². The molecule has 1 aromatic carbocycles. The Kier molecular flexibility index (Phi) is 8.31. The number of aliphatic imine (C=N–C) groups is 1. The first-order valence-corrected chi connectivity index (χ1v) is 9.58. The van der Waals surface area contributed by atoms with Gasteiger partial charge in [0.1, 0.15) is 5.82 Å². The average Bonchev–Trinajstić information content (AvgIpc) is 3.33. The van der Waals surface area contributed by atoms with Gasteiger partial charge in [-0.05, 0) is 43.4 Å². The van der Waals surface area contributed by atoms with Gasteiger partial charge in [-0.2, -0.15) is 0 Å². The van der Waals surface area contributed by atoms with E-state index in [4.69, 9.17) is 0 Å². The van der Waals surface area contributed by atoms with Crippen LogP contribution in [0.15, 0.2) is 23.2 Å². The Hall–Kier alpha value is -1.38. The molecule has 0 spiro atoms. The molecule has 1 heterocycles. The molecule has 0 bridgehead atoms. The fourth-order valence-electron chi connectivity index (χ4n) is 3.83. The minimum absolute atomic E-state index is 0. The van der Waals surface area contributed by atoms with Crippen molar-refractivity contribution >= 4 is 35.8 Å². The highest BCUT2D eigenvalue weighted by Crippen LogP contribution is 2.27. The SMILES string of the molecule is CN=C(NCc1ccc(C)c(F)c1)NC1CCN(C(=O)C2CCCC2)C1.I. The molecular weight excluding hydrogens is 458 g/mol. The van der Waals surface area contributed by atoms with E-state index < -0.39 is 0 Å². The van der Waals surface area contributed by atoms with E-state index in [0.29, 0.717) is 24.0 Å². The summed E-state index contributed by atoms with van der Waals surface area (Å²) in [5, 5.41) is 6.62. The maximum absolute atomic E-state index is 13.6. The normalized spacial score (nSPS) is 20.5. The van der Waals surface area contributed by atoms with Gasteiger partial charge in [0, 0.05) is 38.6 Å². The number of carbonyl (C=O) groups excluding carboxylic acids is 1. The molecule has 27 heavy (non-hydrogen) atoms. The highest BCUT2D eigenvalue weighted by molar-refractivity contribution is 14.0. The summed E-state index contributed by atoms with van der Waals surface area (Å²) < 4.78 is 13.6. The molecule has 150 valence electrons. The van der Waals surface area contributed by atoms with Crippen LogP contribution >= 0.6 is 24.0 Å². The first-order valence-electron chi connectivity index (χ1n) is 9.58. The molecular formula is C20H30FIN4O. The van der Waals surface area contributed by atoms with E-state index >= 15 is 0 Å². The maximum Gasteiger partial charge on any atom is 0.225 e. The van der Waals surface area contributed by atoms with E-state index in [0.717, 1.165) is 37.9 Å². The molecule has 0 aromatic heterocycles. The van der Waals surface area contributed by atoms with Crippen LogP contribution in [-0.2, 0) is 11.3 Å². The Morgan fingerprint density at radius 1 is 1.30 bits per heavy atom. The van der Waals surface area contributed by atoms with Gasteiger partial charge in [0.05, 0.1) is 0 Å². The molecule has 1 saturated heterocycles. The monoisotopic (exact) mass is 488 g/mol. The Morgan fingerprint density at radius 2 is 2.04 bits per heavy atom. The summed E-state index contributed by atoms with van der Waals surface area (Å²) in [5.74, 6) is 1.06. The van der Waals surface area contributed by atoms with E-state index in [1.165, 1.54) is 12.8 Å². The topological polar surface area (TPSA) is 56.7 Å². The van der Waals surface area contributed by atoms with Crippen LogP contribution in [0.25, 0.3) is 0 Å². The van der Waals surface area contributed by atoms with Gasteiger partial charge in [-0.25, -0.2) is 4.39 Å². The summed E-state index contributed by atoms with van der Waals surface area (Å²) in [5.41, 5.74) is 1.52. The highest BCUT2D eigenvalue weighted by Gasteiger charge is 2.32. The van der Waals surface area contributed by atoms with E-state index in [1.807, 2.05) is 11.0 Å². The van der Waals surface area contributed by atoms with Gasteiger partial charge in [-0.3, -0.25) is 9.79 Å². The van der Waals surface area contributed by atoms with Crippen molar-refractivity contribution in [3.63, 3.8) is 0 Å². The van der Waals surface area contributed by atoms with Gasteiger partial charge in [0.2, 0.25) is 5.91 Å². The summed E-state index contributed by atoms with van der Waals surface area (Å²) in [6.07, 6.45) is 5.38. The van der Waals surface area contributed by atoms with Crippen molar-refractivity contribution in [3.8, 4) is 0 Å². The Balaban J connectivity index is 0.00000261. The van der Waals surface area contributed by atoms with E-state index in [2.05, 4.69) is 15.6 Å². The molecule has 2 fully saturated rings. The number of aryl methyl sites for hydroxylation is 1. The number of halogens is 2. The van der Waals surface area contributed by atoms with Crippen molar-refractivity contribution < 1.29 is 9.18 Å². The molecule has 2 aliphatic rings. The minimum atomic E-state index is -0.191. The zero-order valence-corrected chi connectivity index (χ0v) is 18.5. The van der Waals surface area contributed by atoms with Crippen molar-refractivity contribution in [3.05, 3.63) is 35.1 Å². The number of rotatable bonds is 4. The van der Waals surface area contributed by atoms with Crippen molar-refractivity contribution in [2.45, 2.75) is 51.6 Å². The van der Waals surface area contributed by atoms with Crippen molar-refractivity contribution in [1.82, 2.24) is 15.5 Å². The molecule has 2 N–H and O–H groups in total. The number of nitrogens with one attached hydrogen (secondary N) is 2. The first kappa shape index (κ1) is 21.9. The van der Waals surface area contributed by atoms with Crippen LogP contribution in [0.4, 0.5) is 4.39 Å². The standard InChI is InChI=1S/C20H29FN4O.HI/c1-14-7-8-15(11-18(14)21)12-23-20(22-2)24-17-9-10-25(13-17)19(26)16-5-3-4-6-16;/h7-8,11,16-17H,3-6,9-10,12-13H2,1-2H3,(H2,22,23,24);1H. The predicted molar refractivity (Wildman–Crippen MR) is 117 cm³/mol. The van der Waals surface area contributed by atoms with Gasteiger partial charge in [-0.1, -0.05) is 25.0 Å². The molecule has 1 aromatic rings. The summed E-state index contributed by atoms with van der Waals surface area (Å²) in [4.78, 5) is 18.8. The van der Waals surface area contributed by atoms with Crippen LogP contribution in [0.3, 0.4) is 0 Å². The molecule has 3 rings (SSSR count). The predicted octanol–water partition coefficient (Wildman–Crippen LogP) is 3.21. The second-order valence-electron chi connectivity index (χ2n) is 7.40. The number of benzene rings is 1. The fourth-order valence-corrected chi connectivity index (χ4v) is 3.83. The zero-order chi connectivity index (χ0) is 18.5. The maximum atomic E-state index is 13.6. The molecule has 1 aliphatic heterocycles. The molecule has 1 unspecified atom stereocenters. The number of amides is 1. The third kappa shape index (κ3) is 5.80.